The van der Waals surface area contributed by atoms with Crippen molar-refractivity contribution in [1.82, 2.24) is 10.2 Å². The number of benzene rings is 1. The predicted octanol–water partition coefficient (Wildman–Crippen LogP) is 3.25. The molecule has 0 aliphatic carbocycles. The Hall–Kier alpha value is -1.06. The Morgan fingerprint density at radius 2 is 2.05 bits per heavy atom. The number of ether oxygens (including phenoxy) is 1. The normalized spacial score (nSPS) is 16.9. The molecule has 0 saturated carbocycles. The molecule has 0 saturated heterocycles. The van der Waals surface area contributed by atoms with Gasteiger partial charge < -0.3 is 15.0 Å². The van der Waals surface area contributed by atoms with E-state index in [-0.39, 0.29) is 0 Å². The lowest BCUT2D eigenvalue weighted by molar-refractivity contribution is 0.218. The second kappa shape index (κ2) is 7.28. The third kappa shape index (κ3) is 3.98. The fourth-order valence-corrected chi connectivity index (χ4v) is 3.20. The monoisotopic (exact) mass is 290 g/mol. The molecular weight excluding hydrogens is 260 g/mol. The molecule has 0 aromatic heterocycles. The van der Waals surface area contributed by atoms with Gasteiger partial charge in [0.05, 0.1) is 6.61 Å². The van der Waals surface area contributed by atoms with Crippen molar-refractivity contribution in [2.24, 2.45) is 5.92 Å². The minimum absolute atomic E-state index is 0.428. The van der Waals surface area contributed by atoms with Crippen LogP contribution in [0.3, 0.4) is 0 Å². The lowest BCUT2D eigenvalue weighted by Gasteiger charge is -2.30. The average molecular weight is 290 g/mol. The molecule has 1 aliphatic rings. The molecule has 2 unspecified atom stereocenters. The van der Waals surface area contributed by atoms with Gasteiger partial charge in [0.1, 0.15) is 5.75 Å². The van der Waals surface area contributed by atoms with Crippen molar-refractivity contribution in [2.75, 3.05) is 27.2 Å². The molecule has 1 aromatic rings. The first-order chi connectivity index (χ1) is 10.0. The highest BCUT2D eigenvalue weighted by Gasteiger charge is 2.19. The number of hydrogen-bond acceptors (Lipinski definition) is 3. The van der Waals surface area contributed by atoms with E-state index in [1.54, 1.807) is 0 Å². The van der Waals surface area contributed by atoms with E-state index >= 15 is 0 Å². The number of rotatable bonds is 7. The minimum atomic E-state index is 0.428. The van der Waals surface area contributed by atoms with Crippen molar-refractivity contribution in [3.05, 3.63) is 29.3 Å². The van der Waals surface area contributed by atoms with Gasteiger partial charge in [-0.15, -0.1) is 0 Å². The van der Waals surface area contributed by atoms with Crippen LogP contribution in [-0.4, -0.2) is 38.2 Å². The lowest BCUT2D eigenvalue weighted by atomic mass is 9.99. The minimum Gasteiger partial charge on any atom is -0.493 e. The Balaban J connectivity index is 2.03. The zero-order valence-corrected chi connectivity index (χ0v) is 14.1. The van der Waals surface area contributed by atoms with Gasteiger partial charge in [0.15, 0.2) is 0 Å². The fourth-order valence-electron chi connectivity index (χ4n) is 3.20. The van der Waals surface area contributed by atoms with E-state index in [0.29, 0.717) is 18.0 Å². The quantitative estimate of drug-likeness (QED) is 0.834. The Kier molecular flexibility index (Phi) is 5.65. The molecule has 3 nitrogen and oxygen atoms in total. The van der Waals surface area contributed by atoms with E-state index in [1.165, 1.54) is 11.1 Å². The summed E-state index contributed by atoms with van der Waals surface area (Å²) in [5, 5.41) is 3.76. The number of nitrogens with one attached hydrogen (secondary N) is 1. The zero-order chi connectivity index (χ0) is 15.4. The summed E-state index contributed by atoms with van der Waals surface area (Å²) in [6.07, 6.45) is 2.16. The highest BCUT2D eigenvalue weighted by molar-refractivity contribution is 5.40. The molecule has 0 amide bonds. The summed E-state index contributed by atoms with van der Waals surface area (Å²) in [4.78, 5) is 2.32. The molecule has 0 fully saturated rings. The van der Waals surface area contributed by atoms with Gasteiger partial charge in [0.2, 0.25) is 0 Å². The number of hydrogen-bond donors (Lipinski definition) is 1. The fraction of sp³-hybridized carbons (Fsp3) is 0.667. The van der Waals surface area contributed by atoms with Gasteiger partial charge in [-0.3, -0.25) is 0 Å². The molecule has 3 heteroatoms. The first-order valence-corrected chi connectivity index (χ1v) is 8.18. The third-order valence-corrected chi connectivity index (χ3v) is 4.53. The maximum Gasteiger partial charge on any atom is 0.122 e. The van der Waals surface area contributed by atoms with Crippen molar-refractivity contribution in [1.29, 1.82) is 0 Å². The van der Waals surface area contributed by atoms with Crippen LogP contribution in [0, 0.1) is 5.92 Å². The molecule has 21 heavy (non-hydrogen) atoms. The molecule has 118 valence electrons. The molecule has 2 rings (SSSR count). The van der Waals surface area contributed by atoms with Gasteiger partial charge in [-0.2, -0.15) is 0 Å². The van der Waals surface area contributed by atoms with Gasteiger partial charge in [0, 0.05) is 25.0 Å². The van der Waals surface area contributed by atoms with Crippen LogP contribution in [0.2, 0.25) is 0 Å². The molecule has 0 radical (unpaired) electrons. The van der Waals surface area contributed by atoms with Crippen molar-refractivity contribution in [3.8, 4) is 5.75 Å². The Labute approximate surface area is 129 Å². The van der Waals surface area contributed by atoms with E-state index in [4.69, 9.17) is 4.74 Å². The predicted molar refractivity (Wildman–Crippen MR) is 89.0 cm³/mol. The number of nitrogens with zero attached hydrogens (tertiary/aromatic N) is 1. The van der Waals surface area contributed by atoms with Crippen LogP contribution in [-0.2, 0) is 6.42 Å². The summed E-state index contributed by atoms with van der Waals surface area (Å²) in [5.41, 5.74) is 2.75. The summed E-state index contributed by atoms with van der Waals surface area (Å²) in [6.45, 7) is 8.69. The third-order valence-electron chi connectivity index (χ3n) is 4.53. The average Bonchev–Trinajstić information content (AvgIpc) is 2.90. The molecule has 1 heterocycles. The van der Waals surface area contributed by atoms with Crippen LogP contribution in [0.1, 0.15) is 44.4 Å². The van der Waals surface area contributed by atoms with Crippen LogP contribution >= 0.6 is 0 Å². The molecule has 0 bridgehead atoms. The largest absolute Gasteiger partial charge is 0.493 e. The summed E-state index contributed by atoms with van der Waals surface area (Å²) < 4.78 is 5.60. The van der Waals surface area contributed by atoms with Crippen molar-refractivity contribution in [3.63, 3.8) is 0 Å². The molecule has 2 atom stereocenters. The van der Waals surface area contributed by atoms with E-state index in [2.05, 4.69) is 63.3 Å². The van der Waals surface area contributed by atoms with Gasteiger partial charge in [-0.1, -0.05) is 32.9 Å². The Bertz CT molecular complexity index is 449. The summed E-state index contributed by atoms with van der Waals surface area (Å²) >= 11 is 0. The first-order valence-electron chi connectivity index (χ1n) is 8.18. The van der Waals surface area contributed by atoms with Crippen LogP contribution in [0.4, 0.5) is 0 Å². The maximum absolute atomic E-state index is 5.60. The van der Waals surface area contributed by atoms with E-state index < -0.39 is 0 Å². The van der Waals surface area contributed by atoms with E-state index in [0.717, 1.165) is 31.7 Å². The highest BCUT2D eigenvalue weighted by atomic mass is 16.5. The summed E-state index contributed by atoms with van der Waals surface area (Å²) in [6, 6.07) is 7.66. The van der Waals surface area contributed by atoms with Crippen molar-refractivity contribution < 1.29 is 4.74 Å². The standard InChI is InChI=1S/C18H30N2O/c1-6-16(19-12-17(13(2)3)20(4)5)14-7-8-18-15(11-14)9-10-21-18/h7-8,11,13,16-17,19H,6,9-10,12H2,1-5H3. The van der Waals surface area contributed by atoms with Crippen molar-refractivity contribution >= 4 is 0 Å². The lowest BCUT2D eigenvalue weighted by Crippen LogP contribution is -2.42. The summed E-state index contributed by atoms with van der Waals surface area (Å²) in [5.74, 6) is 1.72. The topological polar surface area (TPSA) is 24.5 Å². The van der Waals surface area contributed by atoms with Gasteiger partial charge >= 0.3 is 0 Å². The van der Waals surface area contributed by atoms with E-state index in [9.17, 15) is 0 Å². The SMILES string of the molecule is CCC(NCC(C(C)C)N(C)C)c1ccc2c(c1)CCO2. The molecule has 1 N–H and O–H groups in total. The first kappa shape index (κ1) is 16.3. The molecular formula is C18H30N2O. The maximum atomic E-state index is 5.60. The van der Waals surface area contributed by atoms with Crippen molar-refractivity contribution in [2.45, 2.75) is 45.7 Å². The molecule has 0 spiro atoms. The van der Waals surface area contributed by atoms with Gasteiger partial charge in [0.25, 0.3) is 0 Å². The van der Waals surface area contributed by atoms with Gasteiger partial charge in [-0.25, -0.2) is 0 Å². The highest BCUT2D eigenvalue weighted by Crippen LogP contribution is 2.29. The van der Waals surface area contributed by atoms with Crippen LogP contribution < -0.4 is 10.1 Å². The van der Waals surface area contributed by atoms with Gasteiger partial charge in [-0.05, 0) is 43.6 Å². The smallest absolute Gasteiger partial charge is 0.122 e. The molecule has 1 aromatic carbocycles. The van der Waals surface area contributed by atoms with E-state index in [1.807, 2.05) is 0 Å². The molecule has 1 aliphatic heterocycles. The number of likely N-dealkylation sites (N-methyl/N-ethyl adjacent to an activating group) is 1. The second-order valence-electron chi connectivity index (χ2n) is 6.61. The Morgan fingerprint density at radius 1 is 1.29 bits per heavy atom. The van der Waals surface area contributed by atoms with Crippen LogP contribution in [0.5, 0.6) is 5.75 Å². The Morgan fingerprint density at radius 3 is 2.67 bits per heavy atom. The zero-order valence-electron chi connectivity index (χ0n) is 14.1. The van der Waals surface area contributed by atoms with Crippen LogP contribution in [0.15, 0.2) is 18.2 Å². The number of fused-ring (bicyclic) bond motifs is 1. The summed E-state index contributed by atoms with van der Waals surface area (Å²) in [7, 11) is 4.33. The second-order valence-corrected chi connectivity index (χ2v) is 6.61. The van der Waals surface area contributed by atoms with Crippen LogP contribution in [0.25, 0.3) is 0 Å².